The van der Waals surface area contributed by atoms with Gasteiger partial charge in [-0.2, -0.15) is 0 Å². The van der Waals surface area contributed by atoms with Gasteiger partial charge in [-0.05, 0) is 71.7 Å². The van der Waals surface area contributed by atoms with Crippen molar-refractivity contribution in [2.24, 2.45) is 0 Å². The highest BCUT2D eigenvalue weighted by atomic mass is 16.6. The Bertz CT molecular complexity index is 1190. The summed E-state index contributed by atoms with van der Waals surface area (Å²) in [4.78, 5) is 37.7. The first kappa shape index (κ1) is 28.4. The average molecular weight is 492 g/mol. The quantitative estimate of drug-likeness (QED) is 0.292. The van der Waals surface area contributed by atoms with Gasteiger partial charge in [0, 0.05) is 35.5 Å². The van der Waals surface area contributed by atoms with E-state index in [1.807, 2.05) is 58.9 Å². The Labute approximate surface area is 214 Å². The number of amides is 1. The fourth-order valence-corrected chi connectivity index (χ4v) is 3.34. The van der Waals surface area contributed by atoms with E-state index in [2.05, 4.69) is 25.6 Å². The normalized spacial score (nSPS) is 13.1. The van der Waals surface area contributed by atoms with Crippen molar-refractivity contribution >= 4 is 23.5 Å². The maximum absolute atomic E-state index is 12.5. The van der Waals surface area contributed by atoms with Crippen molar-refractivity contribution < 1.29 is 14.3 Å². The van der Waals surface area contributed by atoms with Crippen molar-refractivity contribution in [3.05, 3.63) is 65.3 Å². The Morgan fingerprint density at radius 3 is 2.39 bits per heavy atom. The van der Waals surface area contributed by atoms with Crippen LogP contribution in [0.15, 0.2) is 65.3 Å². The number of nitrogens with zero attached hydrogens (tertiary/aromatic N) is 3. The topological polar surface area (TPSA) is 106 Å². The Balaban J connectivity index is 2.37. The van der Waals surface area contributed by atoms with Crippen LogP contribution in [0, 0.1) is 0 Å². The second kappa shape index (κ2) is 12.8. The Kier molecular flexibility index (Phi) is 10.1. The lowest BCUT2D eigenvalue weighted by Gasteiger charge is -2.19. The molecule has 0 radical (unpaired) electrons. The predicted octanol–water partition coefficient (Wildman–Crippen LogP) is 6.85. The van der Waals surface area contributed by atoms with Gasteiger partial charge in [-0.3, -0.25) is 10.1 Å². The van der Waals surface area contributed by atoms with Crippen LogP contribution in [-0.2, 0) is 9.53 Å². The third-order valence-corrected chi connectivity index (χ3v) is 5.32. The number of aromatic nitrogens is 3. The second-order valence-corrected chi connectivity index (χ2v) is 9.29. The number of rotatable bonds is 9. The lowest BCUT2D eigenvalue weighted by Crippen LogP contribution is -2.27. The number of nitrogens with one attached hydrogen (secondary N) is 2. The lowest BCUT2D eigenvalue weighted by molar-refractivity contribution is -0.115. The molecule has 2 aromatic heterocycles. The number of hydrogen-bond acceptors (Lipinski definition) is 7. The third-order valence-electron chi connectivity index (χ3n) is 5.32. The minimum absolute atomic E-state index is 0.119. The van der Waals surface area contributed by atoms with Crippen molar-refractivity contribution in [2.45, 2.75) is 73.8 Å². The van der Waals surface area contributed by atoms with Gasteiger partial charge in [0.15, 0.2) is 5.78 Å². The van der Waals surface area contributed by atoms with Crippen molar-refractivity contribution in [3.8, 4) is 11.3 Å². The van der Waals surface area contributed by atoms with Crippen LogP contribution in [0.4, 0.5) is 16.4 Å². The van der Waals surface area contributed by atoms with Crippen molar-refractivity contribution in [2.75, 3.05) is 10.6 Å². The molecule has 0 aromatic carbocycles. The zero-order valence-corrected chi connectivity index (χ0v) is 22.5. The molecule has 8 heteroatoms. The van der Waals surface area contributed by atoms with E-state index in [1.165, 1.54) is 6.33 Å². The van der Waals surface area contributed by atoms with Crippen LogP contribution in [0.1, 0.15) is 68.2 Å². The Morgan fingerprint density at radius 1 is 1.06 bits per heavy atom. The average Bonchev–Trinajstić information content (AvgIpc) is 2.83. The van der Waals surface area contributed by atoms with Gasteiger partial charge in [-0.15, -0.1) is 0 Å². The molecular weight excluding hydrogens is 454 g/mol. The van der Waals surface area contributed by atoms with Crippen LogP contribution in [0.5, 0.6) is 0 Å². The van der Waals surface area contributed by atoms with Gasteiger partial charge in [0.25, 0.3) is 0 Å². The number of pyridine rings is 1. The number of hydrogen-bond donors (Lipinski definition) is 2. The van der Waals surface area contributed by atoms with Crippen LogP contribution in [0.25, 0.3) is 11.3 Å². The van der Waals surface area contributed by atoms with Gasteiger partial charge in [-0.25, -0.2) is 19.7 Å². The highest BCUT2D eigenvalue weighted by Gasteiger charge is 2.18. The number of ether oxygens (including phenoxy) is 1. The first-order chi connectivity index (χ1) is 17.0. The molecule has 8 nitrogen and oxygen atoms in total. The molecule has 2 heterocycles. The van der Waals surface area contributed by atoms with Gasteiger partial charge < -0.3 is 10.1 Å². The van der Waals surface area contributed by atoms with Crippen molar-refractivity contribution in [3.63, 3.8) is 0 Å². The molecular formula is C28H37N5O3. The monoisotopic (exact) mass is 491 g/mol. The molecule has 36 heavy (non-hydrogen) atoms. The molecule has 2 rings (SSSR count). The summed E-state index contributed by atoms with van der Waals surface area (Å²) in [7, 11) is 0. The summed E-state index contributed by atoms with van der Waals surface area (Å²) < 4.78 is 5.31. The summed E-state index contributed by atoms with van der Waals surface area (Å²) >= 11 is 0. The maximum Gasteiger partial charge on any atom is 0.413 e. The summed E-state index contributed by atoms with van der Waals surface area (Å²) in [5.41, 5.74) is 4.21. The maximum atomic E-state index is 12.5. The van der Waals surface area contributed by atoms with Gasteiger partial charge in [-0.1, -0.05) is 25.5 Å². The third kappa shape index (κ3) is 8.15. The SMILES string of the molecule is C\C=C(Nc1ncccc1-c1cc(NC(=O)OC(C)(C)C)ncn1)/C(C)=C\C(C(=O)CC)=C(/C)CC. The molecule has 0 aliphatic heterocycles. The highest BCUT2D eigenvalue weighted by Crippen LogP contribution is 2.28. The van der Waals surface area contributed by atoms with Gasteiger partial charge in [0.1, 0.15) is 23.6 Å². The number of Topliss-reactive ketones (excluding diaryl/α,β-unsaturated/α-hetero) is 1. The molecule has 0 aliphatic carbocycles. The van der Waals surface area contributed by atoms with E-state index in [0.29, 0.717) is 23.8 Å². The Morgan fingerprint density at radius 2 is 1.78 bits per heavy atom. The molecule has 0 unspecified atom stereocenters. The summed E-state index contributed by atoms with van der Waals surface area (Å²) in [6.45, 7) is 15.2. The van der Waals surface area contributed by atoms with E-state index < -0.39 is 11.7 Å². The van der Waals surface area contributed by atoms with Crippen molar-refractivity contribution in [1.82, 2.24) is 15.0 Å². The molecule has 0 spiro atoms. The van der Waals surface area contributed by atoms with E-state index in [0.717, 1.165) is 34.4 Å². The second-order valence-electron chi connectivity index (χ2n) is 9.29. The number of carbonyl (C=O) groups excluding carboxylic acids is 2. The molecule has 0 atom stereocenters. The first-order valence-electron chi connectivity index (χ1n) is 12.1. The summed E-state index contributed by atoms with van der Waals surface area (Å²) in [6.07, 6.45) is 7.60. The number of anilines is 2. The predicted molar refractivity (Wildman–Crippen MR) is 145 cm³/mol. The summed E-state index contributed by atoms with van der Waals surface area (Å²) in [6, 6.07) is 5.36. The van der Waals surface area contributed by atoms with E-state index in [1.54, 1.807) is 33.0 Å². The molecule has 0 aliphatic rings. The fourth-order valence-electron chi connectivity index (χ4n) is 3.34. The summed E-state index contributed by atoms with van der Waals surface area (Å²) in [5, 5.41) is 6.02. The lowest BCUT2D eigenvalue weighted by atomic mass is 9.98. The van der Waals surface area contributed by atoms with Gasteiger partial charge in [0.05, 0.1) is 5.69 Å². The molecule has 0 saturated carbocycles. The molecule has 0 bridgehead atoms. The molecule has 192 valence electrons. The van der Waals surface area contributed by atoms with E-state index in [-0.39, 0.29) is 5.78 Å². The minimum Gasteiger partial charge on any atom is -0.444 e. The number of ketones is 1. The molecule has 0 fully saturated rings. The van der Waals surface area contributed by atoms with Crippen LogP contribution < -0.4 is 10.6 Å². The van der Waals surface area contributed by atoms with Gasteiger partial charge >= 0.3 is 6.09 Å². The largest absolute Gasteiger partial charge is 0.444 e. The Hall–Kier alpha value is -3.81. The highest BCUT2D eigenvalue weighted by molar-refractivity contribution is 5.98. The van der Waals surface area contributed by atoms with Crippen LogP contribution in [0.2, 0.25) is 0 Å². The molecule has 1 amide bonds. The minimum atomic E-state index is -0.624. The van der Waals surface area contributed by atoms with Crippen LogP contribution in [-0.4, -0.2) is 32.4 Å². The zero-order chi connectivity index (χ0) is 26.9. The number of carbonyl (C=O) groups is 2. The van der Waals surface area contributed by atoms with Gasteiger partial charge in [0.2, 0.25) is 0 Å². The number of allylic oxidation sites excluding steroid dienone is 5. The van der Waals surface area contributed by atoms with Crippen LogP contribution >= 0.6 is 0 Å². The summed E-state index contributed by atoms with van der Waals surface area (Å²) in [5.74, 6) is 1.02. The molecule has 2 N–H and O–H groups in total. The van der Waals surface area contributed by atoms with E-state index >= 15 is 0 Å². The van der Waals surface area contributed by atoms with E-state index in [4.69, 9.17) is 4.74 Å². The fraction of sp³-hybridized carbons (Fsp3) is 0.393. The zero-order valence-electron chi connectivity index (χ0n) is 22.5. The molecule has 2 aromatic rings. The van der Waals surface area contributed by atoms with E-state index in [9.17, 15) is 9.59 Å². The standard InChI is InChI=1S/C28H37N5O3/c1-9-18(4)21(24(34)11-3)15-19(5)22(10-2)32-26-20(13-12-14-29-26)23-16-25(31-17-30-23)33-27(35)36-28(6,7)8/h10,12-17H,9,11H2,1-8H3,(H,29,32)(H,30,31,33,35)/b19-15-,21-18-,22-10+. The first-order valence-corrected chi connectivity index (χ1v) is 12.1. The molecule has 0 saturated heterocycles. The van der Waals surface area contributed by atoms with Crippen LogP contribution in [0.3, 0.4) is 0 Å². The smallest absolute Gasteiger partial charge is 0.413 e. The van der Waals surface area contributed by atoms with Crippen molar-refractivity contribution in [1.29, 1.82) is 0 Å².